The molecule has 2 heteroatoms. The van der Waals surface area contributed by atoms with Crippen LogP contribution in [0, 0.1) is 5.41 Å². The molecule has 2 nitrogen and oxygen atoms in total. The molecule has 0 saturated heterocycles. The smallest absolute Gasteiger partial charge is 0.0236 e. The van der Waals surface area contributed by atoms with Gasteiger partial charge in [0.1, 0.15) is 0 Å². The second-order valence-electron chi connectivity index (χ2n) is 6.02. The van der Waals surface area contributed by atoms with Crippen molar-refractivity contribution in [3.05, 3.63) is 35.9 Å². The second kappa shape index (κ2) is 5.85. The Morgan fingerprint density at radius 3 is 2.39 bits per heavy atom. The minimum Gasteiger partial charge on any atom is -0.330 e. The maximum absolute atomic E-state index is 5.74. The lowest BCUT2D eigenvalue weighted by Crippen LogP contribution is -2.36. The molecule has 1 aliphatic rings. The summed E-state index contributed by atoms with van der Waals surface area (Å²) in [7, 11) is 0. The van der Waals surface area contributed by atoms with Gasteiger partial charge in [0.15, 0.2) is 0 Å². The van der Waals surface area contributed by atoms with Gasteiger partial charge in [0.2, 0.25) is 0 Å². The van der Waals surface area contributed by atoms with Crippen molar-refractivity contribution in [2.45, 2.75) is 45.7 Å². The summed E-state index contributed by atoms with van der Waals surface area (Å²) in [5, 5.41) is 0. The van der Waals surface area contributed by atoms with Gasteiger partial charge in [-0.2, -0.15) is 0 Å². The summed E-state index contributed by atoms with van der Waals surface area (Å²) in [6, 6.07) is 11.4. The van der Waals surface area contributed by atoms with Crippen LogP contribution >= 0.6 is 0 Å². The Kier molecular flexibility index (Phi) is 4.41. The van der Waals surface area contributed by atoms with Crippen molar-refractivity contribution in [1.29, 1.82) is 0 Å². The highest BCUT2D eigenvalue weighted by Crippen LogP contribution is 2.49. The summed E-state index contributed by atoms with van der Waals surface area (Å²) in [6.45, 7) is 7.68. The van der Waals surface area contributed by atoms with Crippen molar-refractivity contribution in [3.63, 3.8) is 0 Å². The minimum atomic E-state index is 0.536. The molecule has 0 amide bonds. The van der Waals surface area contributed by atoms with Crippen molar-refractivity contribution in [1.82, 2.24) is 4.90 Å². The van der Waals surface area contributed by atoms with Gasteiger partial charge in [-0.1, -0.05) is 30.3 Å². The molecule has 1 aromatic carbocycles. The predicted molar refractivity (Wildman–Crippen MR) is 77.3 cm³/mol. The van der Waals surface area contributed by atoms with Crippen molar-refractivity contribution < 1.29 is 0 Å². The number of nitrogens with zero attached hydrogens (tertiary/aromatic N) is 1. The van der Waals surface area contributed by atoms with E-state index in [1.807, 2.05) is 0 Å². The lowest BCUT2D eigenvalue weighted by Gasteiger charge is -2.31. The average Bonchev–Trinajstić information content (AvgIpc) is 3.10. The molecule has 0 heterocycles. The molecule has 1 aromatic rings. The summed E-state index contributed by atoms with van der Waals surface area (Å²) >= 11 is 0. The Morgan fingerprint density at radius 1 is 1.22 bits per heavy atom. The van der Waals surface area contributed by atoms with E-state index in [2.05, 4.69) is 49.1 Å². The van der Waals surface area contributed by atoms with E-state index in [4.69, 9.17) is 5.73 Å². The lowest BCUT2D eigenvalue weighted by atomic mass is 10.0. The Balaban J connectivity index is 1.97. The molecule has 2 N–H and O–H groups in total. The van der Waals surface area contributed by atoms with Crippen LogP contribution in [0.5, 0.6) is 0 Å². The monoisotopic (exact) mass is 246 g/mol. The fourth-order valence-corrected chi connectivity index (χ4v) is 2.64. The quantitative estimate of drug-likeness (QED) is 0.801. The van der Waals surface area contributed by atoms with E-state index in [-0.39, 0.29) is 0 Å². The number of hydrogen-bond acceptors (Lipinski definition) is 2. The van der Waals surface area contributed by atoms with Gasteiger partial charge in [0, 0.05) is 19.1 Å². The summed E-state index contributed by atoms with van der Waals surface area (Å²) in [4.78, 5) is 2.60. The van der Waals surface area contributed by atoms with Crippen LogP contribution in [-0.4, -0.2) is 24.0 Å². The van der Waals surface area contributed by atoms with E-state index >= 15 is 0 Å². The van der Waals surface area contributed by atoms with Gasteiger partial charge >= 0.3 is 0 Å². The predicted octanol–water partition coefficient (Wildman–Crippen LogP) is 3.03. The third-order valence-electron chi connectivity index (χ3n) is 4.13. The first kappa shape index (κ1) is 13.6. The van der Waals surface area contributed by atoms with E-state index in [1.54, 1.807) is 0 Å². The molecule has 0 radical (unpaired) electrons. The second-order valence-corrected chi connectivity index (χ2v) is 6.02. The SMILES string of the molecule is CC(C)N(Cc1ccccc1)CC1(CCN)CC1. The lowest BCUT2D eigenvalue weighted by molar-refractivity contribution is 0.165. The molecule has 0 spiro atoms. The van der Waals surface area contributed by atoms with E-state index in [9.17, 15) is 0 Å². The zero-order valence-corrected chi connectivity index (χ0v) is 11.7. The van der Waals surface area contributed by atoms with Gasteiger partial charge < -0.3 is 5.73 Å². The van der Waals surface area contributed by atoms with Gasteiger partial charge in [0.05, 0.1) is 0 Å². The summed E-state index contributed by atoms with van der Waals surface area (Å²) < 4.78 is 0. The Labute approximate surface area is 111 Å². The van der Waals surface area contributed by atoms with Crippen LogP contribution < -0.4 is 5.73 Å². The van der Waals surface area contributed by atoms with Gasteiger partial charge in [0.25, 0.3) is 0 Å². The first-order valence-corrected chi connectivity index (χ1v) is 7.13. The Bertz CT molecular complexity index is 355. The Hall–Kier alpha value is -0.860. The largest absolute Gasteiger partial charge is 0.330 e. The van der Waals surface area contributed by atoms with E-state index in [0.717, 1.165) is 13.1 Å². The van der Waals surface area contributed by atoms with Crippen molar-refractivity contribution >= 4 is 0 Å². The van der Waals surface area contributed by atoms with Gasteiger partial charge in [-0.25, -0.2) is 0 Å². The van der Waals surface area contributed by atoms with Crippen molar-refractivity contribution in [2.24, 2.45) is 11.1 Å². The fourth-order valence-electron chi connectivity index (χ4n) is 2.64. The molecule has 0 atom stereocenters. The zero-order valence-electron chi connectivity index (χ0n) is 11.7. The molecule has 100 valence electrons. The first-order valence-electron chi connectivity index (χ1n) is 7.13. The van der Waals surface area contributed by atoms with E-state index in [1.165, 1.54) is 31.4 Å². The van der Waals surface area contributed by atoms with Crippen LogP contribution in [0.4, 0.5) is 0 Å². The van der Waals surface area contributed by atoms with Crippen molar-refractivity contribution in [3.8, 4) is 0 Å². The molecule has 2 rings (SSSR count). The summed E-state index contributed by atoms with van der Waals surface area (Å²) in [5.41, 5.74) is 7.69. The highest BCUT2D eigenvalue weighted by atomic mass is 15.2. The molecule has 0 unspecified atom stereocenters. The maximum Gasteiger partial charge on any atom is 0.0236 e. The van der Waals surface area contributed by atoms with Crippen LogP contribution in [0.1, 0.15) is 38.7 Å². The van der Waals surface area contributed by atoms with Crippen LogP contribution in [0.15, 0.2) is 30.3 Å². The third-order valence-corrected chi connectivity index (χ3v) is 4.13. The van der Waals surface area contributed by atoms with Crippen LogP contribution in [0.2, 0.25) is 0 Å². The highest BCUT2D eigenvalue weighted by Gasteiger charge is 2.43. The average molecular weight is 246 g/mol. The van der Waals surface area contributed by atoms with E-state index in [0.29, 0.717) is 11.5 Å². The van der Waals surface area contributed by atoms with Crippen LogP contribution in [-0.2, 0) is 6.54 Å². The maximum atomic E-state index is 5.74. The molecule has 1 aliphatic carbocycles. The van der Waals surface area contributed by atoms with Crippen molar-refractivity contribution in [2.75, 3.05) is 13.1 Å². The van der Waals surface area contributed by atoms with Gasteiger partial charge in [-0.3, -0.25) is 4.90 Å². The zero-order chi connectivity index (χ0) is 13.0. The standard InChI is InChI=1S/C16H26N2/c1-14(2)18(12-15-6-4-3-5-7-15)13-16(8-9-16)10-11-17/h3-7,14H,8-13,17H2,1-2H3. The number of benzene rings is 1. The highest BCUT2D eigenvalue weighted by molar-refractivity contribution is 5.14. The third kappa shape index (κ3) is 3.56. The molecular weight excluding hydrogens is 220 g/mol. The summed E-state index contributed by atoms with van der Waals surface area (Å²) in [6.07, 6.45) is 3.91. The molecular formula is C16H26N2. The molecule has 0 aliphatic heterocycles. The number of rotatable bonds is 7. The molecule has 1 fully saturated rings. The van der Waals surface area contributed by atoms with Crippen LogP contribution in [0.3, 0.4) is 0 Å². The minimum absolute atomic E-state index is 0.536. The molecule has 0 bridgehead atoms. The van der Waals surface area contributed by atoms with Crippen LogP contribution in [0.25, 0.3) is 0 Å². The molecule has 0 aromatic heterocycles. The van der Waals surface area contributed by atoms with Gasteiger partial charge in [-0.05, 0) is 50.6 Å². The summed E-state index contributed by atoms with van der Waals surface area (Å²) in [5.74, 6) is 0. The first-order chi connectivity index (χ1) is 8.65. The number of hydrogen-bond donors (Lipinski definition) is 1. The Morgan fingerprint density at radius 2 is 1.89 bits per heavy atom. The van der Waals surface area contributed by atoms with Gasteiger partial charge in [-0.15, -0.1) is 0 Å². The normalized spacial score (nSPS) is 17.4. The number of nitrogens with two attached hydrogens (primary N) is 1. The van der Waals surface area contributed by atoms with E-state index < -0.39 is 0 Å². The molecule has 1 saturated carbocycles. The fraction of sp³-hybridized carbons (Fsp3) is 0.625. The topological polar surface area (TPSA) is 29.3 Å². The molecule has 18 heavy (non-hydrogen) atoms.